The second-order valence-electron chi connectivity index (χ2n) is 10.2. The number of hydrogen-bond donors (Lipinski definition) is 1. The number of piperidine rings is 1. The van der Waals surface area contributed by atoms with Crippen LogP contribution in [-0.4, -0.2) is 70.5 Å². The van der Waals surface area contributed by atoms with Crippen LogP contribution in [0.2, 0.25) is 0 Å². The molecule has 208 valence electrons. The first-order valence-corrected chi connectivity index (χ1v) is 13.1. The van der Waals surface area contributed by atoms with Gasteiger partial charge in [0.2, 0.25) is 5.82 Å². The molecule has 0 radical (unpaired) electrons. The average Bonchev–Trinajstić information content (AvgIpc) is 3.56. The van der Waals surface area contributed by atoms with Gasteiger partial charge in [0.15, 0.2) is 0 Å². The van der Waals surface area contributed by atoms with E-state index in [-0.39, 0.29) is 42.4 Å². The number of halogens is 2. The molecule has 5 rings (SSSR count). The lowest BCUT2D eigenvalue weighted by Crippen LogP contribution is -2.41. The Hall–Kier alpha value is -3.64. The number of nitrogens with zero attached hydrogens (tertiary/aromatic N) is 5. The van der Waals surface area contributed by atoms with E-state index < -0.39 is 11.6 Å². The van der Waals surface area contributed by atoms with Crippen LogP contribution in [0.4, 0.5) is 19.4 Å². The van der Waals surface area contributed by atoms with Crippen molar-refractivity contribution in [2.45, 2.75) is 57.5 Å². The minimum Gasteiger partial charge on any atom is -0.447 e. The van der Waals surface area contributed by atoms with Gasteiger partial charge in [0, 0.05) is 49.9 Å². The lowest BCUT2D eigenvalue weighted by atomic mass is 9.94. The van der Waals surface area contributed by atoms with Crippen molar-refractivity contribution in [3.63, 3.8) is 0 Å². The second-order valence-corrected chi connectivity index (χ2v) is 10.2. The summed E-state index contributed by atoms with van der Waals surface area (Å²) in [7, 11) is 0. The van der Waals surface area contributed by atoms with E-state index in [4.69, 9.17) is 19.7 Å². The van der Waals surface area contributed by atoms with E-state index in [0.29, 0.717) is 62.1 Å². The number of carbonyl (C=O) groups is 1. The predicted molar refractivity (Wildman–Crippen MR) is 138 cm³/mol. The van der Waals surface area contributed by atoms with E-state index >= 15 is 0 Å². The molecule has 1 aromatic carbocycles. The first kappa shape index (κ1) is 26.9. The lowest BCUT2D eigenvalue weighted by molar-refractivity contribution is -0.0147. The van der Waals surface area contributed by atoms with E-state index in [0.717, 1.165) is 12.1 Å². The summed E-state index contributed by atoms with van der Waals surface area (Å²) in [6.45, 7) is 5.86. The van der Waals surface area contributed by atoms with Gasteiger partial charge in [-0.3, -0.25) is 0 Å². The molecule has 2 atom stereocenters. The zero-order valence-corrected chi connectivity index (χ0v) is 21.9. The summed E-state index contributed by atoms with van der Waals surface area (Å²) >= 11 is 0. The highest BCUT2D eigenvalue weighted by Crippen LogP contribution is 2.32. The minimum atomic E-state index is -0.488. The number of likely N-dealkylation sites (tertiary alicyclic amines) is 1. The van der Waals surface area contributed by atoms with Gasteiger partial charge in [-0.15, -0.1) is 0 Å². The molecule has 2 fully saturated rings. The maximum Gasteiger partial charge on any atom is 0.410 e. The van der Waals surface area contributed by atoms with Crippen LogP contribution in [0.15, 0.2) is 41.1 Å². The lowest BCUT2D eigenvalue weighted by Gasteiger charge is -2.31. The number of benzene rings is 1. The monoisotopic (exact) mass is 542 g/mol. The van der Waals surface area contributed by atoms with Gasteiger partial charge in [-0.1, -0.05) is 5.16 Å². The molecule has 10 nitrogen and oxygen atoms in total. The largest absolute Gasteiger partial charge is 0.447 e. The molecule has 2 saturated heterocycles. The third-order valence-electron chi connectivity index (χ3n) is 7.00. The van der Waals surface area contributed by atoms with Crippen molar-refractivity contribution < 1.29 is 27.6 Å². The number of aromatic nitrogens is 3. The van der Waals surface area contributed by atoms with Crippen molar-refractivity contribution in [1.82, 2.24) is 20.0 Å². The van der Waals surface area contributed by atoms with E-state index in [1.807, 2.05) is 30.9 Å². The minimum absolute atomic E-state index is 0.0130. The maximum absolute atomic E-state index is 14.3. The number of pyridine rings is 1. The SMILES string of the molecule is CC(C)OC(=O)N1CCC(OCc2nc(-c3ccc(N4CC(N)[C@@H](c5cc(F)ccc5F)C4)nc3)no2)CC1. The van der Waals surface area contributed by atoms with Crippen LogP contribution in [0.3, 0.4) is 0 Å². The molecule has 1 unspecified atom stereocenters. The van der Waals surface area contributed by atoms with Crippen molar-refractivity contribution in [3.8, 4) is 11.4 Å². The predicted octanol–water partition coefficient (Wildman–Crippen LogP) is 3.87. The van der Waals surface area contributed by atoms with Crippen LogP contribution in [0.1, 0.15) is 44.1 Å². The number of amides is 1. The highest BCUT2D eigenvalue weighted by Gasteiger charge is 2.34. The van der Waals surface area contributed by atoms with Gasteiger partial charge in [0.1, 0.15) is 24.1 Å². The van der Waals surface area contributed by atoms with Crippen LogP contribution < -0.4 is 10.6 Å². The molecule has 1 amide bonds. The summed E-state index contributed by atoms with van der Waals surface area (Å²) in [5.41, 5.74) is 7.22. The topological polar surface area (TPSA) is 120 Å². The molecular formula is C27H32F2N6O4. The quantitative estimate of drug-likeness (QED) is 0.474. The van der Waals surface area contributed by atoms with Gasteiger partial charge in [-0.2, -0.15) is 4.98 Å². The second kappa shape index (κ2) is 11.6. The summed E-state index contributed by atoms with van der Waals surface area (Å²) in [4.78, 5) is 24.6. The van der Waals surface area contributed by atoms with E-state index in [2.05, 4.69) is 15.1 Å². The fourth-order valence-corrected chi connectivity index (χ4v) is 4.95. The van der Waals surface area contributed by atoms with Gasteiger partial charge < -0.3 is 29.5 Å². The maximum atomic E-state index is 14.3. The van der Waals surface area contributed by atoms with Crippen LogP contribution in [-0.2, 0) is 16.1 Å². The van der Waals surface area contributed by atoms with E-state index in [9.17, 15) is 13.6 Å². The van der Waals surface area contributed by atoms with Crippen LogP contribution in [0.5, 0.6) is 0 Å². The van der Waals surface area contributed by atoms with Crippen LogP contribution >= 0.6 is 0 Å². The molecular weight excluding hydrogens is 510 g/mol. The number of nitrogens with two attached hydrogens (primary N) is 1. The van der Waals surface area contributed by atoms with Gasteiger partial charge >= 0.3 is 6.09 Å². The first-order valence-electron chi connectivity index (χ1n) is 13.1. The van der Waals surface area contributed by atoms with Gasteiger partial charge in [0.05, 0.1) is 12.2 Å². The average molecular weight is 543 g/mol. The van der Waals surface area contributed by atoms with Gasteiger partial charge in [-0.25, -0.2) is 18.6 Å². The number of anilines is 1. The Morgan fingerprint density at radius 3 is 2.69 bits per heavy atom. The number of rotatable bonds is 7. The smallest absolute Gasteiger partial charge is 0.410 e. The van der Waals surface area contributed by atoms with Crippen molar-refractivity contribution >= 4 is 11.9 Å². The number of carbonyl (C=O) groups excluding carboxylic acids is 1. The van der Waals surface area contributed by atoms with Gasteiger partial charge in [-0.05, 0) is 62.6 Å². The molecule has 0 spiro atoms. The number of ether oxygens (including phenoxy) is 2. The van der Waals surface area contributed by atoms with E-state index in [1.165, 1.54) is 6.07 Å². The third-order valence-corrected chi connectivity index (χ3v) is 7.00. The van der Waals surface area contributed by atoms with Gasteiger partial charge in [0.25, 0.3) is 5.89 Å². The molecule has 0 aliphatic carbocycles. The molecule has 2 aromatic heterocycles. The third kappa shape index (κ3) is 6.34. The molecule has 0 bridgehead atoms. The highest BCUT2D eigenvalue weighted by atomic mass is 19.1. The Labute approximate surface area is 225 Å². The van der Waals surface area contributed by atoms with Crippen molar-refractivity contribution in [2.75, 3.05) is 31.1 Å². The summed E-state index contributed by atoms with van der Waals surface area (Å²) in [6.07, 6.45) is 2.59. The zero-order valence-electron chi connectivity index (χ0n) is 21.9. The van der Waals surface area contributed by atoms with Crippen LogP contribution in [0.25, 0.3) is 11.4 Å². The van der Waals surface area contributed by atoms with Crippen molar-refractivity contribution in [1.29, 1.82) is 0 Å². The summed E-state index contributed by atoms with van der Waals surface area (Å²) in [6, 6.07) is 6.73. The Kier molecular flexibility index (Phi) is 8.03. The first-order chi connectivity index (χ1) is 18.8. The summed E-state index contributed by atoms with van der Waals surface area (Å²) < 4.78 is 44.5. The fraction of sp³-hybridized carbons (Fsp3) is 0.481. The molecule has 4 heterocycles. The van der Waals surface area contributed by atoms with E-state index in [1.54, 1.807) is 11.1 Å². The summed E-state index contributed by atoms with van der Waals surface area (Å²) in [5.74, 6) is 0.110. The van der Waals surface area contributed by atoms with Crippen molar-refractivity contribution in [3.05, 3.63) is 59.6 Å². The molecule has 2 N–H and O–H groups in total. The van der Waals surface area contributed by atoms with Crippen molar-refractivity contribution in [2.24, 2.45) is 5.73 Å². The molecule has 2 aliphatic heterocycles. The molecule has 39 heavy (non-hydrogen) atoms. The Morgan fingerprint density at radius 2 is 1.97 bits per heavy atom. The highest BCUT2D eigenvalue weighted by molar-refractivity contribution is 5.67. The van der Waals surface area contributed by atoms with Crippen LogP contribution in [0, 0.1) is 11.6 Å². The molecule has 0 saturated carbocycles. The normalized spacial score (nSPS) is 20.2. The standard InChI is InChI=1S/C27H32F2N6O4/c1-16(2)38-27(36)34-9-7-19(8-10-34)37-15-25-32-26(33-39-25)17-3-6-24(31-12-17)35-13-21(23(30)14-35)20-11-18(28)4-5-22(20)29/h3-6,11-12,16,19,21,23H,7-10,13-15,30H2,1-2H3/t21-,23?/m1/s1. The number of hydrogen-bond acceptors (Lipinski definition) is 9. The zero-order chi connectivity index (χ0) is 27.5. The molecule has 2 aliphatic rings. The molecule has 12 heteroatoms. The Bertz CT molecular complexity index is 1280. The fourth-order valence-electron chi connectivity index (χ4n) is 4.95. The summed E-state index contributed by atoms with van der Waals surface area (Å²) in [5, 5.41) is 4.04. The Balaban J connectivity index is 1.13. The Morgan fingerprint density at radius 1 is 1.18 bits per heavy atom. The molecule has 3 aromatic rings.